The Morgan fingerprint density at radius 2 is 1.65 bits per heavy atom. The third-order valence-electron chi connectivity index (χ3n) is 5.40. The highest BCUT2D eigenvalue weighted by atomic mass is 19.1. The van der Waals surface area contributed by atoms with Crippen LogP contribution in [0.25, 0.3) is 5.57 Å². The molecule has 8 heteroatoms. The van der Waals surface area contributed by atoms with Crippen LogP contribution in [0.2, 0.25) is 0 Å². The van der Waals surface area contributed by atoms with Gasteiger partial charge in [0.15, 0.2) is 0 Å². The number of imide groups is 1. The van der Waals surface area contributed by atoms with E-state index in [4.69, 9.17) is 9.47 Å². The van der Waals surface area contributed by atoms with E-state index in [2.05, 4.69) is 10.2 Å². The van der Waals surface area contributed by atoms with Crippen molar-refractivity contribution in [1.29, 1.82) is 0 Å². The summed E-state index contributed by atoms with van der Waals surface area (Å²) < 4.78 is 24.0. The molecule has 2 aliphatic heterocycles. The summed E-state index contributed by atoms with van der Waals surface area (Å²) in [7, 11) is 1.57. The molecule has 1 saturated heterocycles. The number of benzene rings is 2. The van der Waals surface area contributed by atoms with E-state index in [0.717, 1.165) is 13.1 Å². The van der Waals surface area contributed by atoms with E-state index in [1.807, 2.05) is 0 Å². The van der Waals surface area contributed by atoms with Crippen LogP contribution in [-0.2, 0) is 14.3 Å². The van der Waals surface area contributed by atoms with Crippen molar-refractivity contribution in [2.75, 3.05) is 51.8 Å². The van der Waals surface area contributed by atoms with Gasteiger partial charge in [-0.3, -0.25) is 19.4 Å². The van der Waals surface area contributed by atoms with Crippen LogP contribution >= 0.6 is 0 Å². The fourth-order valence-corrected chi connectivity index (χ4v) is 3.66. The number of hydrogen-bond donors (Lipinski definition) is 1. The lowest BCUT2D eigenvalue weighted by atomic mass is 10.0. The Kier molecular flexibility index (Phi) is 6.29. The number of amides is 2. The molecule has 2 heterocycles. The lowest BCUT2D eigenvalue weighted by molar-refractivity contribution is -0.137. The van der Waals surface area contributed by atoms with Crippen LogP contribution in [-0.4, -0.2) is 68.1 Å². The van der Waals surface area contributed by atoms with E-state index >= 15 is 0 Å². The number of anilines is 1. The number of methoxy groups -OCH3 is 1. The maximum absolute atomic E-state index is 13.4. The molecular weight excluding hydrogens is 401 g/mol. The molecule has 2 aliphatic rings. The average molecular weight is 425 g/mol. The zero-order chi connectivity index (χ0) is 21.8. The molecule has 162 valence electrons. The first-order valence-electron chi connectivity index (χ1n) is 10.1. The van der Waals surface area contributed by atoms with Gasteiger partial charge in [0.05, 0.1) is 25.9 Å². The van der Waals surface area contributed by atoms with Crippen LogP contribution in [0, 0.1) is 5.82 Å². The van der Waals surface area contributed by atoms with Gasteiger partial charge in [0.2, 0.25) is 0 Å². The number of carbonyl (C=O) groups excluding carboxylic acids is 2. The zero-order valence-corrected chi connectivity index (χ0v) is 17.3. The number of nitrogens with one attached hydrogen (secondary N) is 1. The molecule has 0 aromatic heterocycles. The molecule has 0 atom stereocenters. The molecule has 0 aliphatic carbocycles. The lowest BCUT2D eigenvalue weighted by Crippen LogP contribution is -2.43. The van der Waals surface area contributed by atoms with E-state index in [0.29, 0.717) is 36.8 Å². The summed E-state index contributed by atoms with van der Waals surface area (Å²) in [4.78, 5) is 29.8. The number of carbonyl (C=O) groups is 2. The van der Waals surface area contributed by atoms with Gasteiger partial charge in [-0.1, -0.05) is 12.1 Å². The topological polar surface area (TPSA) is 71.1 Å². The Morgan fingerprint density at radius 3 is 2.29 bits per heavy atom. The number of ether oxygens (including phenoxy) is 2. The molecule has 4 rings (SSSR count). The molecule has 0 saturated carbocycles. The SMILES string of the molecule is COc1ccc(NC2=C(c3ccc(F)cc3)C(=O)N(CCN3CCOCC3)C2=O)cc1. The maximum atomic E-state index is 13.4. The number of rotatable bonds is 7. The van der Waals surface area contributed by atoms with Crippen LogP contribution in [0.3, 0.4) is 0 Å². The van der Waals surface area contributed by atoms with E-state index in [1.54, 1.807) is 31.4 Å². The second kappa shape index (κ2) is 9.28. The van der Waals surface area contributed by atoms with Gasteiger partial charge >= 0.3 is 0 Å². The summed E-state index contributed by atoms with van der Waals surface area (Å²) in [5, 5.41) is 3.09. The van der Waals surface area contributed by atoms with Crippen LogP contribution in [0.5, 0.6) is 5.75 Å². The number of halogens is 1. The predicted molar refractivity (Wildman–Crippen MR) is 114 cm³/mol. The largest absolute Gasteiger partial charge is 0.497 e. The number of hydrogen-bond acceptors (Lipinski definition) is 6. The summed E-state index contributed by atoms with van der Waals surface area (Å²) in [5.74, 6) is -0.511. The first-order chi connectivity index (χ1) is 15.1. The monoisotopic (exact) mass is 425 g/mol. The van der Waals surface area contributed by atoms with E-state index < -0.39 is 11.7 Å². The standard InChI is InChI=1S/C23H24FN3O4/c1-30-19-8-6-18(7-9-19)25-21-20(16-2-4-17(24)5-3-16)22(28)27(23(21)29)11-10-26-12-14-31-15-13-26/h2-9,25H,10-15H2,1H3. The van der Waals surface area contributed by atoms with E-state index in [9.17, 15) is 14.0 Å². The van der Waals surface area contributed by atoms with Crippen molar-refractivity contribution in [1.82, 2.24) is 9.80 Å². The fourth-order valence-electron chi connectivity index (χ4n) is 3.66. The van der Waals surface area contributed by atoms with Gasteiger partial charge in [-0.05, 0) is 42.0 Å². The van der Waals surface area contributed by atoms with Crippen molar-refractivity contribution in [3.63, 3.8) is 0 Å². The molecule has 0 bridgehead atoms. The summed E-state index contributed by atoms with van der Waals surface area (Å²) in [6.07, 6.45) is 0. The molecule has 2 amide bonds. The molecule has 31 heavy (non-hydrogen) atoms. The normalized spacial score (nSPS) is 17.4. The molecule has 0 spiro atoms. The molecule has 2 aromatic rings. The van der Waals surface area contributed by atoms with Crippen LogP contribution < -0.4 is 10.1 Å². The maximum Gasteiger partial charge on any atom is 0.278 e. The first kappa shape index (κ1) is 21.0. The van der Waals surface area contributed by atoms with Crippen molar-refractivity contribution in [2.45, 2.75) is 0 Å². The Labute approximate surface area is 180 Å². The molecule has 2 aromatic carbocycles. The van der Waals surface area contributed by atoms with Crippen molar-refractivity contribution in [3.8, 4) is 5.75 Å². The van der Waals surface area contributed by atoms with Gasteiger partial charge in [0.25, 0.3) is 11.8 Å². The molecule has 0 unspecified atom stereocenters. The van der Waals surface area contributed by atoms with Gasteiger partial charge < -0.3 is 14.8 Å². The Balaban J connectivity index is 1.60. The molecule has 7 nitrogen and oxygen atoms in total. The Bertz CT molecular complexity index is 983. The third-order valence-corrected chi connectivity index (χ3v) is 5.40. The highest BCUT2D eigenvalue weighted by Gasteiger charge is 2.39. The summed E-state index contributed by atoms with van der Waals surface area (Å²) >= 11 is 0. The van der Waals surface area contributed by atoms with Crippen LogP contribution in [0.15, 0.2) is 54.2 Å². The Morgan fingerprint density at radius 1 is 0.968 bits per heavy atom. The fraction of sp³-hybridized carbons (Fsp3) is 0.304. The second-order valence-corrected chi connectivity index (χ2v) is 7.33. The van der Waals surface area contributed by atoms with Gasteiger partial charge in [0, 0.05) is 31.9 Å². The van der Waals surface area contributed by atoms with Crippen molar-refractivity contribution < 1.29 is 23.5 Å². The van der Waals surface area contributed by atoms with Crippen molar-refractivity contribution in [3.05, 3.63) is 65.6 Å². The van der Waals surface area contributed by atoms with Gasteiger partial charge in [-0.2, -0.15) is 0 Å². The van der Waals surface area contributed by atoms with E-state index in [-0.39, 0.29) is 23.7 Å². The minimum atomic E-state index is -0.407. The smallest absolute Gasteiger partial charge is 0.278 e. The number of nitrogens with zero attached hydrogens (tertiary/aromatic N) is 2. The quantitative estimate of drug-likeness (QED) is 0.687. The van der Waals surface area contributed by atoms with Crippen molar-refractivity contribution in [2.24, 2.45) is 0 Å². The minimum Gasteiger partial charge on any atom is -0.497 e. The lowest BCUT2D eigenvalue weighted by Gasteiger charge is -2.28. The summed E-state index contributed by atoms with van der Waals surface area (Å²) in [5.41, 5.74) is 1.56. The number of morpholine rings is 1. The molecular formula is C23H24FN3O4. The van der Waals surface area contributed by atoms with E-state index in [1.165, 1.54) is 29.2 Å². The summed E-state index contributed by atoms with van der Waals surface area (Å²) in [6, 6.07) is 12.6. The zero-order valence-electron chi connectivity index (χ0n) is 17.3. The van der Waals surface area contributed by atoms with Gasteiger partial charge in [-0.15, -0.1) is 0 Å². The molecule has 1 N–H and O–H groups in total. The Hall–Kier alpha value is -3.23. The van der Waals surface area contributed by atoms with Crippen molar-refractivity contribution >= 4 is 23.1 Å². The minimum absolute atomic E-state index is 0.184. The highest BCUT2D eigenvalue weighted by molar-refractivity contribution is 6.36. The first-order valence-corrected chi connectivity index (χ1v) is 10.1. The van der Waals surface area contributed by atoms with Crippen LogP contribution in [0.1, 0.15) is 5.56 Å². The summed E-state index contributed by atoms with van der Waals surface area (Å²) in [6.45, 7) is 3.68. The molecule has 0 radical (unpaired) electrons. The predicted octanol–water partition coefficient (Wildman–Crippen LogP) is 2.36. The van der Waals surface area contributed by atoms with Gasteiger partial charge in [-0.25, -0.2) is 4.39 Å². The third kappa shape index (κ3) is 4.60. The average Bonchev–Trinajstić information content (AvgIpc) is 3.03. The van der Waals surface area contributed by atoms with Crippen LogP contribution in [0.4, 0.5) is 10.1 Å². The van der Waals surface area contributed by atoms with Gasteiger partial charge in [0.1, 0.15) is 17.3 Å². The molecule has 1 fully saturated rings. The highest BCUT2D eigenvalue weighted by Crippen LogP contribution is 2.31. The second-order valence-electron chi connectivity index (χ2n) is 7.33.